The van der Waals surface area contributed by atoms with E-state index < -0.39 is 60.0 Å². The average Bonchev–Trinajstić information content (AvgIpc) is 3.28. The smallest absolute Gasteiger partial charge is 0.326 e. The molecule has 3 amide bonds. The average molecular weight is 988 g/mol. The van der Waals surface area contributed by atoms with Crippen LogP contribution in [0.25, 0.3) is 0 Å². The molecule has 0 aliphatic heterocycles. The Morgan fingerprint density at radius 3 is 1.38 bits per heavy atom. The summed E-state index contributed by atoms with van der Waals surface area (Å²) in [7, 11) is 0. The molecule has 0 saturated carbocycles. The van der Waals surface area contributed by atoms with Gasteiger partial charge in [-0.05, 0) is 45.4 Å². The monoisotopic (exact) mass is 988 g/mol. The number of carboxylic acid groups (broad SMARTS) is 4. The molecule has 0 unspecified atom stereocenters. The van der Waals surface area contributed by atoms with E-state index in [2.05, 4.69) is 16.0 Å². The fraction of sp³-hybridized carbons (Fsp3) is 0.792. The molecule has 0 aromatic carbocycles. The van der Waals surface area contributed by atoms with Crippen LogP contribution >= 0.6 is 0 Å². The minimum atomic E-state index is -1.32. The molecule has 0 rings (SSSR count). The van der Waals surface area contributed by atoms with Crippen molar-refractivity contribution in [1.29, 1.82) is 0 Å². The van der Waals surface area contributed by atoms with Crippen LogP contribution in [0.5, 0.6) is 0 Å². The van der Waals surface area contributed by atoms with Crippen LogP contribution in [0.4, 0.5) is 0 Å². The van der Waals surface area contributed by atoms with Gasteiger partial charge in [0, 0.05) is 58.1 Å². The maximum Gasteiger partial charge on any atom is 0.326 e. The number of ether oxygens (including phenoxy) is 4. The Morgan fingerprint density at radius 2 is 0.870 bits per heavy atom. The van der Waals surface area contributed by atoms with Gasteiger partial charge in [0.25, 0.3) is 0 Å². The number of carboxylic acids is 4. The largest absolute Gasteiger partial charge is 0.481 e. The standard InChI is InChI=1S/C48H81N3O18/c1-36(52)20-23-40(47(62)63)51-43(56)25-21-37(46(60)61)33-39(54)34-68-31-30-67-28-26-49-44(57)35-69-32-29-66-27-16-17-38(53)22-24-41(48(64)65)50-42(55)18-14-12-10-8-6-4-2-3-5-7-9-11-13-15-19-45(58)59/h37,40-41H,2-35H2,1H3,(H,49,57)(H,50,55)(H,51,56)(H,58,59)(H,60,61)(H,62,63)(H,64,65)/t37-,40+,41+/m1/s1. The second-order valence-electron chi connectivity index (χ2n) is 17.2. The Morgan fingerprint density at radius 1 is 0.406 bits per heavy atom. The molecule has 0 aliphatic carbocycles. The number of carbonyl (C=O) groups excluding carboxylic acids is 6. The number of rotatable bonds is 50. The molecule has 0 aromatic heterocycles. The third kappa shape index (κ3) is 41.8. The SMILES string of the molecule is CC(=O)CC[C@H](NC(=O)CC[C@H](CC(=O)COCCOCCNC(=O)COCCOCCCC(=O)CC[C@H](NC(=O)CCCCCCCCCCCCCCCCC(=O)O)C(=O)O)C(=O)O)C(=O)O. The van der Waals surface area contributed by atoms with E-state index in [1.54, 1.807) is 0 Å². The molecule has 7 N–H and O–H groups in total. The first-order chi connectivity index (χ1) is 33.0. The molecule has 0 fully saturated rings. The normalized spacial score (nSPS) is 12.4. The topological polar surface area (TPSA) is 325 Å². The Bertz CT molecular complexity index is 1530. The lowest BCUT2D eigenvalue weighted by atomic mass is 9.97. The van der Waals surface area contributed by atoms with Crippen LogP contribution in [-0.2, 0) is 66.9 Å². The van der Waals surface area contributed by atoms with E-state index in [0.717, 1.165) is 44.9 Å². The molecule has 0 aromatic rings. The summed E-state index contributed by atoms with van der Waals surface area (Å²) < 4.78 is 21.3. The predicted octanol–water partition coefficient (Wildman–Crippen LogP) is 4.57. The van der Waals surface area contributed by atoms with Crippen LogP contribution in [0.3, 0.4) is 0 Å². The van der Waals surface area contributed by atoms with Gasteiger partial charge in [-0.3, -0.25) is 33.6 Å². The van der Waals surface area contributed by atoms with Crippen LogP contribution in [0.15, 0.2) is 0 Å². The third-order valence-corrected chi connectivity index (χ3v) is 10.9. The van der Waals surface area contributed by atoms with Gasteiger partial charge in [-0.2, -0.15) is 0 Å². The molecule has 0 radical (unpaired) electrons. The molecule has 0 aliphatic rings. The summed E-state index contributed by atoms with van der Waals surface area (Å²) in [5, 5.41) is 44.3. The summed E-state index contributed by atoms with van der Waals surface area (Å²) in [5.74, 6) is -8.02. The highest BCUT2D eigenvalue weighted by Gasteiger charge is 2.25. The predicted molar refractivity (Wildman–Crippen MR) is 250 cm³/mol. The number of nitrogens with one attached hydrogen (secondary N) is 3. The minimum absolute atomic E-state index is 0.00552. The van der Waals surface area contributed by atoms with Crippen LogP contribution in [0.2, 0.25) is 0 Å². The minimum Gasteiger partial charge on any atom is -0.481 e. The van der Waals surface area contributed by atoms with Crippen LogP contribution in [0, 0.1) is 5.92 Å². The second kappa shape index (κ2) is 43.2. The van der Waals surface area contributed by atoms with E-state index in [1.165, 1.54) is 45.4 Å². The van der Waals surface area contributed by atoms with E-state index in [9.17, 15) is 63.3 Å². The lowest BCUT2D eigenvalue weighted by Crippen LogP contribution is -2.41. The molecule has 0 heterocycles. The fourth-order valence-corrected chi connectivity index (χ4v) is 6.94. The summed E-state index contributed by atoms with van der Waals surface area (Å²) in [6, 6.07) is -2.42. The van der Waals surface area contributed by atoms with Crippen molar-refractivity contribution in [1.82, 2.24) is 16.0 Å². The Labute approximate surface area is 406 Å². The first-order valence-corrected chi connectivity index (χ1v) is 24.6. The highest BCUT2D eigenvalue weighted by Crippen LogP contribution is 2.15. The number of unbranched alkanes of at least 4 members (excludes halogenated alkanes) is 13. The number of aliphatic carboxylic acids is 4. The molecule has 21 heteroatoms. The zero-order chi connectivity index (χ0) is 51.5. The molecule has 3 atom stereocenters. The lowest BCUT2D eigenvalue weighted by Gasteiger charge is -2.15. The van der Waals surface area contributed by atoms with Crippen molar-refractivity contribution >= 4 is 58.9 Å². The van der Waals surface area contributed by atoms with Gasteiger partial charge in [0.05, 0.1) is 39.0 Å². The van der Waals surface area contributed by atoms with Crippen LogP contribution in [0.1, 0.15) is 167 Å². The Kier molecular flexibility index (Phi) is 40.1. The first kappa shape index (κ1) is 64.1. The molecular weight excluding hydrogens is 907 g/mol. The van der Waals surface area contributed by atoms with Gasteiger partial charge < -0.3 is 60.1 Å². The maximum absolute atomic E-state index is 12.4. The van der Waals surface area contributed by atoms with Gasteiger partial charge in [0.1, 0.15) is 36.9 Å². The molecular formula is C48H81N3O18. The van der Waals surface area contributed by atoms with Gasteiger partial charge in [0.15, 0.2) is 5.78 Å². The van der Waals surface area contributed by atoms with E-state index in [0.29, 0.717) is 12.8 Å². The summed E-state index contributed by atoms with van der Waals surface area (Å²) >= 11 is 0. The molecule has 0 spiro atoms. The van der Waals surface area contributed by atoms with Crippen molar-refractivity contribution < 1.29 is 87.3 Å². The van der Waals surface area contributed by atoms with Crippen molar-refractivity contribution in [2.24, 2.45) is 5.92 Å². The number of ketones is 3. The second-order valence-corrected chi connectivity index (χ2v) is 17.2. The van der Waals surface area contributed by atoms with Gasteiger partial charge in [-0.15, -0.1) is 0 Å². The fourth-order valence-electron chi connectivity index (χ4n) is 6.94. The van der Waals surface area contributed by atoms with Crippen molar-refractivity contribution in [2.45, 2.75) is 180 Å². The number of hydrogen-bond donors (Lipinski definition) is 7. The molecule has 0 saturated heterocycles. The molecule has 21 nitrogen and oxygen atoms in total. The highest BCUT2D eigenvalue weighted by atomic mass is 16.5. The summed E-state index contributed by atoms with van der Waals surface area (Å²) in [5.41, 5.74) is 0. The van der Waals surface area contributed by atoms with E-state index >= 15 is 0 Å². The van der Waals surface area contributed by atoms with Crippen molar-refractivity contribution in [3.63, 3.8) is 0 Å². The van der Waals surface area contributed by atoms with Crippen molar-refractivity contribution in [2.75, 3.05) is 59.4 Å². The zero-order valence-corrected chi connectivity index (χ0v) is 40.8. The number of Topliss-reactive ketones (excluding diaryl/α,β-unsaturated/α-hetero) is 3. The maximum atomic E-state index is 12.4. The summed E-state index contributed by atoms with van der Waals surface area (Å²) in [4.78, 5) is 117. The van der Waals surface area contributed by atoms with Crippen molar-refractivity contribution in [3.8, 4) is 0 Å². The number of carbonyl (C=O) groups is 10. The highest BCUT2D eigenvalue weighted by molar-refractivity contribution is 5.87. The zero-order valence-electron chi connectivity index (χ0n) is 40.8. The molecule has 69 heavy (non-hydrogen) atoms. The Hall–Kier alpha value is -4.86. The third-order valence-electron chi connectivity index (χ3n) is 10.9. The van der Waals surface area contributed by atoms with Crippen LogP contribution in [-0.4, -0.2) is 151 Å². The first-order valence-electron chi connectivity index (χ1n) is 24.6. The van der Waals surface area contributed by atoms with E-state index in [1.807, 2.05) is 0 Å². The lowest BCUT2D eigenvalue weighted by molar-refractivity contribution is -0.145. The van der Waals surface area contributed by atoms with Crippen molar-refractivity contribution in [3.05, 3.63) is 0 Å². The molecule has 396 valence electrons. The van der Waals surface area contributed by atoms with Gasteiger partial charge in [-0.25, -0.2) is 9.59 Å². The summed E-state index contributed by atoms with van der Waals surface area (Å²) in [6.45, 7) is 1.71. The quantitative estimate of drug-likeness (QED) is 0.0410. The summed E-state index contributed by atoms with van der Waals surface area (Å²) in [6.07, 6.45) is 15.0. The Balaban J connectivity index is 3.85. The number of amides is 3. The van der Waals surface area contributed by atoms with Gasteiger partial charge in [-0.1, -0.05) is 77.0 Å². The van der Waals surface area contributed by atoms with Gasteiger partial charge in [0.2, 0.25) is 17.7 Å². The van der Waals surface area contributed by atoms with Gasteiger partial charge >= 0.3 is 23.9 Å². The number of hydrogen-bond acceptors (Lipinski definition) is 14. The molecule has 0 bridgehead atoms. The van der Waals surface area contributed by atoms with E-state index in [-0.39, 0.29) is 141 Å². The van der Waals surface area contributed by atoms with Crippen LogP contribution < -0.4 is 16.0 Å². The van der Waals surface area contributed by atoms with E-state index in [4.69, 9.17) is 24.1 Å².